The second-order valence-electron chi connectivity index (χ2n) is 5.58. The highest BCUT2D eigenvalue weighted by Crippen LogP contribution is 2.20. The van der Waals surface area contributed by atoms with Gasteiger partial charge in [-0.15, -0.1) is 0 Å². The van der Waals surface area contributed by atoms with Crippen LogP contribution in [0.3, 0.4) is 0 Å². The molecule has 2 atom stereocenters. The predicted molar refractivity (Wildman–Crippen MR) is 70.2 cm³/mol. The van der Waals surface area contributed by atoms with Crippen LogP contribution in [0.4, 0.5) is 0 Å². The SMILES string of the molecule is CN(CCC(NC1CC1)C(N)=O)CC1CCCO1. The lowest BCUT2D eigenvalue weighted by Gasteiger charge is -2.23. The number of hydrogen-bond acceptors (Lipinski definition) is 4. The van der Waals surface area contributed by atoms with Gasteiger partial charge in [-0.3, -0.25) is 4.79 Å². The van der Waals surface area contributed by atoms with Gasteiger partial charge in [0.05, 0.1) is 12.1 Å². The largest absolute Gasteiger partial charge is 0.377 e. The van der Waals surface area contributed by atoms with Crippen molar-refractivity contribution in [2.75, 3.05) is 26.7 Å². The maximum Gasteiger partial charge on any atom is 0.234 e. The zero-order valence-electron chi connectivity index (χ0n) is 11.2. The highest BCUT2D eigenvalue weighted by Gasteiger charge is 2.27. The van der Waals surface area contributed by atoms with Gasteiger partial charge in [0.1, 0.15) is 0 Å². The molecule has 2 rings (SSSR count). The van der Waals surface area contributed by atoms with E-state index in [1.165, 1.54) is 19.3 Å². The van der Waals surface area contributed by atoms with E-state index in [-0.39, 0.29) is 11.9 Å². The van der Waals surface area contributed by atoms with E-state index in [1.54, 1.807) is 0 Å². The molecule has 1 heterocycles. The van der Waals surface area contributed by atoms with Gasteiger partial charge in [-0.1, -0.05) is 0 Å². The number of nitrogens with two attached hydrogens (primary N) is 1. The number of likely N-dealkylation sites (N-methyl/N-ethyl adjacent to an activating group) is 1. The molecular formula is C13H25N3O2. The highest BCUT2D eigenvalue weighted by atomic mass is 16.5. The summed E-state index contributed by atoms with van der Waals surface area (Å²) in [6, 6.07) is 0.343. The van der Waals surface area contributed by atoms with Crippen LogP contribution in [-0.4, -0.2) is 55.7 Å². The number of hydrogen-bond donors (Lipinski definition) is 2. The van der Waals surface area contributed by atoms with Crippen LogP contribution in [-0.2, 0) is 9.53 Å². The summed E-state index contributed by atoms with van der Waals surface area (Å²) in [7, 11) is 2.08. The fourth-order valence-electron chi connectivity index (χ4n) is 2.42. The van der Waals surface area contributed by atoms with Crippen LogP contribution in [0.5, 0.6) is 0 Å². The molecular weight excluding hydrogens is 230 g/mol. The third kappa shape index (κ3) is 4.55. The monoisotopic (exact) mass is 255 g/mol. The van der Waals surface area contributed by atoms with Crippen LogP contribution in [0.25, 0.3) is 0 Å². The number of carbonyl (C=O) groups is 1. The third-order valence-corrected chi connectivity index (χ3v) is 3.70. The predicted octanol–water partition coefficient (Wildman–Crippen LogP) is 0.0932. The zero-order valence-corrected chi connectivity index (χ0v) is 11.2. The molecule has 3 N–H and O–H groups in total. The minimum Gasteiger partial charge on any atom is -0.377 e. The molecule has 1 aliphatic heterocycles. The van der Waals surface area contributed by atoms with E-state index in [0.29, 0.717) is 12.1 Å². The number of amides is 1. The summed E-state index contributed by atoms with van der Waals surface area (Å²) in [6.07, 6.45) is 5.84. The summed E-state index contributed by atoms with van der Waals surface area (Å²) in [6.45, 7) is 2.73. The summed E-state index contributed by atoms with van der Waals surface area (Å²) in [5.74, 6) is -0.229. The van der Waals surface area contributed by atoms with E-state index in [0.717, 1.165) is 32.5 Å². The molecule has 1 saturated carbocycles. The summed E-state index contributed by atoms with van der Waals surface area (Å²) < 4.78 is 5.60. The Bertz CT molecular complexity index is 275. The fraction of sp³-hybridized carbons (Fsp3) is 0.923. The average Bonchev–Trinajstić information content (AvgIpc) is 3.00. The van der Waals surface area contributed by atoms with E-state index in [4.69, 9.17) is 10.5 Å². The van der Waals surface area contributed by atoms with Gasteiger partial charge >= 0.3 is 0 Å². The Morgan fingerprint density at radius 1 is 1.50 bits per heavy atom. The lowest BCUT2D eigenvalue weighted by Crippen LogP contribution is -2.44. The molecule has 1 amide bonds. The Morgan fingerprint density at radius 3 is 2.83 bits per heavy atom. The molecule has 0 aromatic rings. The Labute approximate surface area is 109 Å². The molecule has 2 aliphatic rings. The number of nitrogens with one attached hydrogen (secondary N) is 1. The maximum absolute atomic E-state index is 11.3. The van der Waals surface area contributed by atoms with Crippen molar-refractivity contribution in [2.45, 2.75) is 50.3 Å². The van der Waals surface area contributed by atoms with Gasteiger partial charge in [0, 0.05) is 19.2 Å². The van der Waals surface area contributed by atoms with Crippen LogP contribution < -0.4 is 11.1 Å². The van der Waals surface area contributed by atoms with Crippen LogP contribution in [0.2, 0.25) is 0 Å². The summed E-state index contributed by atoms with van der Waals surface area (Å²) >= 11 is 0. The standard InChI is InChI=1S/C13H25N3O2/c1-16(9-11-3-2-8-18-11)7-6-12(13(14)17)15-10-4-5-10/h10-12,15H,2-9H2,1H3,(H2,14,17). The Kier molecular flexibility index (Phi) is 4.97. The lowest BCUT2D eigenvalue weighted by molar-refractivity contribution is -0.120. The first-order valence-corrected chi connectivity index (χ1v) is 7.00. The van der Waals surface area contributed by atoms with E-state index in [9.17, 15) is 4.79 Å². The smallest absolute Gasteiger partial charge is 0.234 e. The van der Waals surface area contributed by atoms with Crippen LogP contribution in [0.1, 0.15) is 32.1 Å². The number of carbonyl (C=O) groups excluding carboxylic acids is 1. The molecule has 2 unspecified atom stereocenters. The van der Waals surface area contributed by atoms with Crippen molar-refractivity contribution in [1.82, 2.24) is 10.2 Å². The molecule has 0 aromatic heterocycles. The molecule has 1 aliphatic carbocycles. The second-order valence-corrected chi connectivity index (χ2v) is 5.58. The molecule has 2 fully saturated rings. The van der Waals surface area contributed by atoms with E-state index >= 15 is 0 Å². The van der Waals surface area contributed by atoms with Gasteiger partial charge in [0.2, 0.25) is 5.91 Å². The van der Waals surface area contributed by atoms with Crippen LogP contribution in [0, 0.1) is 0 Å². The zero-order chi connectivity index (χ0) is 13.0. The Morgan fingerprint density at radius 2 is 2.28 bits per heavy atom. The number of primary amides is 1. The Hall–Kier alpha value is -0.650. The minimum atomic E-state index is -0.229. The average molecular weight is 255 g/mol. The molecule has 0 radical (unpaired) electrons. The first-order chi connectivity index (χ1) is 8.65. The quantitative estimate of drug-likeness (QED) is 0.645. The van der Waals surface area contributed by atoms with E-state index in [1.807, 2.05) is 0 Å². The van der Waals surface area contributed by atoms with Crippen molar-refractivity contribution in [3.8, 4) is 0 Å². The summed E-state index contributed by atoms with van der Waals surface area (Å²) in [4.78, 5) is 13.6. The molecule has 5 nitrogen and oxygen atoms in total. The number of ether oxygens (including phenoxy) is 1. The van der Waals surface area contributed by atoms with Crippen molar-refractivity contribution in [3.63, 3.8) is 0 Å². The summed E-state index contributed by atoms with van der Waals surface area (Å²) in [5, 5.41) is 3.31. The van der Waals surface area contributed by atoms with Gasteiger partial charge in [-0.25, -0.2) is 0 Å². The van der Waals surface area contributed by atoms with E-state index in [2.05, 4.69) is 17.3 Å². The molecule has 1 saturated heterocycles. The van der Waals surface area contributed by atoms with Gasteiger partial charge in [0.25, 0.3) is 0 Å². The van der Waals surface area contributed by atoms with Gasteiger partial charge in [0.15, 0.2) is 0 Å². The topological polar surface area (TPSA) is 67.6 Å². The fourth-order valence-corrected chi connectivity index (χ4v) is 2.42. The maximum atomic E-state index is 11.3. The summed E-state index contributed by atoms with van der Waals surface area (Å²) in [5.41, 5.74) is 5.42. The van der Waals surface area contributed by atoms with Gasteiger partial charge < -0.3 is 20.7 Å². The molecule has 0 bridgehead atoms. The van der Waals surface area contributed by atoms with Crippen molar-refractivity contribution in [3.05, 3.63) is 0 Å². The highest BCUT2D eigenvalue weighted by molar-refractivity contribution is 5.79. The number of nitrogens with zero attached hydrogens (tertiary/aromatic N) is 1. The van der Waals surface area contributed by atoms with E-state index < -0.39 is 0 Å². The molecule has 5 heteroatoms. The van der Waals surface area contributed by atoms with Crippen molar-refractivity contribution in [2.24, 2.45) is 5.73 Å². The Balaban J connectivity index is 1.65. The third-order valence-electron chi connectivity index (χ3n) is 3.70. The van der Waals surface area contributed by atoms with Crippen molar-refractivity contribution in [1.29, 1.82) is 0 Å². The van der Waals surface area contributed by atoms with Crippen LogP contribution in [0.15, 0.2) is 0 Å². The molecule has 104 valence electrons. The minimum absolute atomic E-state index is 0.176. The van der Waals surface area contributed by atoms with Gasteiger partial charge in [-0.05, 0) is 45.7 Å². The van der Waals surface area contributed by atoms with Crippen molar-refractivity contribution >= 4 is 5.91 Å². The lowest BCUT2D eigenvalue weighted by atomic mass is 10.1. The molecule has 18 heavy (non-hydrogen) atoms. The number of rotatable bonds is 8. The first-order valence-electron chi connectivity index (χ1n) is 7.00. The second kappa shape index (κ2) is 6.50. The molecule has 0 aromatic carbocycles. The normalized spacial score (nSPS) is 25.6. The molecule has 0 spiro atoms. The first kappa shape index (κ1) is 13.8. The van der Waals surface area contributed by atoms with Gasteiger partial charge in [-0.2, -0.15) is 0 Å². The van der Waals surface area contributed by atoms with Crippen LogP contribution >= 0.6 is 0 Å². The van der Waals surface area contributed by atoms with Crippen molar-refractivity contribution < 1.29 is 9.53 Å².